The fraction of sp³-hybridized carbons (Fsp3) is 0.625. The van der Waals surface area contributed by atoms with Crippen molar-refractivity contribution >= 4 is 0 Å². The Kier molecular flexibility index (Phi) is 7.34. The Morgan fingerprint density at radius 3 is 2.16 bits per heavy atom. The zero-order chi connectivity index (χ0) is 14.1. The van der Waals surface area contributed by atoms with Gasteiger partial charge in [0.25, 0.3) is 0 Å². The largest absolute Gasteiger partial charge is 0.496 e. The second-order valence-corrected chi connectivity index (χ2v) is 4.68. The standard InChI is InChI=1S/C16H27NO2/c1-5-7-8-10-13(17-6-2)16-14(18-3)11-9-12-15(16)19-4/h9,11-13,17H,5-8,10H2,1-4H3. The first-order chi connectivity index (χ1) is 9.28. The van der Waals surface area contributed by atoms with Crippen molar-refractivity contribution < 1.29 is 9.47 Å². The van der Waals surface area contributed by atoms with Crippen LogP contribution in [0.25, 0.3) is 0 Å². The molecule has 0 aliphatic heterocycles. The average Bonchev–Trinajstić information content (AvgIpc) is 2.45. The molecule has 0 bridgehead atoms. The Morgan fingerprint density at radius 1 is 1.05 bits per heavy atom. The summed E-state index contributed by atoms with van der Waals surface area (Å²) in [5, 5.41) is 3.55. The molecule has 1 N–H and O–H groups in total. The van der Waals surface area contributed by atoms with Crippen molar-refractivity contribution in [3.63, 3.8) is 0 Å². The number of hydrogen-bond donors (Lipinski definition) is 1. The van der Waals surface area contributed by atoms with Crippen LogP contribution in [-0.4, -0.2) is 20.8 Å². The molecule has 0 saturated carbocycles. The number of benzene rings is 1. The molecule has 1 unspecified atom stereocenters. The molecular formula is C16H27NO2. The summed E-state index contributed by atoms with van der Waals surface area (Å²) < 4.78 is 11.0. The Labute approximate surface area is 117 Å². The number of unbranched alkanes of at least 4 members (excludes halogenated alkanes) is 2. The fourth-order valence-corrected chi connectivity index (χ4v) is 2.42. The number of methoxy groups -OCH3 is 2. The van der Waals surface area contributed by atoms with E-state index in [4.69, 9.17) is 9.47 Å². The summed E-state index contributed by atoms with van der Waals surface area (Å²) in [6.07, 6.45) is 4.83. The highest BCUT2D eigenvalue weighted by molar-refractivity contribution is 5.47. The Bertz CT molecular complexity index is 344. The molecule has 0 fully saturated rings. The highest BCUT2D eigenvalue weighted by Crippen LogP contribution is 2.36. The van der Waals surface area contributed by atoms with Crippen molar-refractivity contribution in [1.82, 2.24) is 5.32 Å². The van der Waals surface area contributed by atoms with Gasteiger partial charge in [0, 0.05) is 6.04 Å². The van der Waals surface area contributed by atoms with Crippen LogP contribution in [0.1, 0.15) is 51.1 Å². The van der Waals surface area contributed by atoms with Crippen LogP contribution in [0.3, 0.4) is 0 Å². The predicted octanol–water partition coefficient (Wildman–Crippen LogP) is 3.93. The van der Waals surface area contributed by atoms with Crippen LogP contribution < -0.4 is 14.8 Å². The van der Waals surface area contributed by atoms with E-state index in [1.165, 1.54) is 19.3 Å². The van der Waals surface area contributed by atoms with Gasteiger partial charge in [-0.05, 0) is 25.1 Å². The summed E-state index contributed by atoms with van der Waals surface area (Å²) in [4.78, 5) is 0. The normalized spacial score (nSPS) is 12.2. The molecule has 0 aliphatic rings. The van der Waals surface area contributed by atoms with Gasteiger partial charge in [0.2, 0.25) is 0 Å². The van der Waals surface area contributed by atoms with Crippen molar-refractivity contribution in [1.29, 1.82) is 0 Å². The quantitative estimate of drug-likeness (QED) is 0.686. The molecule has 3 nitrogen and oxygen atoms in total. The van der Waals surface area contributed by atoms with Gasteiger partial charge in [-0.15, -0.1) is 0 Å². The minimum absolute atomic E-state index is 0.294. The van der Waals surface area contributed by atoms with E-state index in [1.807, 2.05) is 18.2 Å². The van der Waals surface area contributed by atoms with E-state index >= 15 is 0 Å². The minimum atomic E-state index is 0.294. The van der Waals surface area contributed by atoms with Crippen LogP contribution in [0.4, 0.5) is 0 Å². The van der Waals surface area contributed by atoms with E-state index in [9.17, 15) is 0 Å². The van der Waals surface area contributed by atoms with Gasteiger partial charge in [0.15, 0.2) is 0 Å². The van der Waals surface area contributed by atoms with Crippen molar-refractivity contribution in [3.05, 3.63) is 23.8 Å². The van der Waals surface area contributed by atoms with Crippen molar-refractivity contribution in [2.45, 2.75) is 45.6 Å². The summed E-state index contributed by atoms with van der Waals surface area (Å²) in [5.41, 5.74) is 1.14. The molecule has 0 saturated heterocycles. The monoisotopic (exact) mass is 265 g/mol. The van der Waals surface area contributed by atoms with E-state index in [-0.39, 0.29) is 0 Å². The molecule has 0 heterocycles. The molecule has 0 aliphatic carbocycles. The predicted molar refractivity (Wildman–Crippen MR) is 80.1 cm³/mol. The van der Waals surface area contributed by atoms with Crippen molar-refractivity contribution in [2.24, 2.45) is 0 Å². The molecule has 3 heteroatoms. The van der Waals surface area contributed by atoms with E-state index < -0.39 is 0 Å². The third-order valence-electron chi connectivity index (χ3n) is 3.36. The molecule has 0 radical (unpaired) electrons. The minimum Gasteiger partial charge on any atom is -0.496 e. The van der Waals surface area contributed by atoms with Gasteiger partial charge in [-0.2, -0.15) is 0 Å². The smallest absolute Gasteiger partial charge is 0.127 e. The van der Waals surface area contributed by atoms with Crippen LogP contribution >= 0.6 is 0 Å². The summed E-state index contributed by atoms with van der Waals surface area (Å²) in [6, 6.07) is 6.27. The second-order valence-electron chi connectivity index (χ2n) is 4.68. The molecule has 1 rings (SSSR count). The maximum atomic E-state index is 5.50. The number of ether oxygens (including phenoxy) is 2. The van der Waals surface area contributed by atoms with Gasteiger partial charge in [0.1, 0.15) is 11.5 Å². The summed E-state index contributed by atoms with van der Waals surface area (Å²) in [7, 11) is 3.43. The number of hydrogen-bond acceptors (Lipinski definition) is 3. The van der Waals surface area contributed by atoms with Gasteiger partial charge in [-0.25, -0.2) is 0 Å². The molecule has 1 atom stereocenters. The van der Waals surface area contributed by atoms with Crippen LogP contribution in [0.5, 0.6) is 11.5 Å². The number of rotatable bonds is 9. The molecule has 0 amide bonds. The molecule has 1 aromatic rings. The second kappa shape index (κ2) is 8.81. The van der Waals surface area contributed by atoms with Crippen LogP contribution in [0.2, 0.25) is 0 Å². The average molecular weight is 265 g/mol. The summed E-state index contributed by atoms with van der Waals surface area (Å²) in [6.45, 7) is 5.30. The highest BCUT2D eigenvalue weighted by atomic mass is 16.5. The molecule has 108 valence electrons. The summed E-state index contributed by atoms with van der Waals surface area (Å²) in [5.74, 6) is 1.81. The highest BCUT2D eigenvalue weighted by Gasteiger charge is 2.19. The Hall–Kier alpha value is -1.22. The van der Waals surface area contributed by atoms with E-state index in [2.05, 4.69) is 19.2 Å². The molecular weight excluding hydrogens is 238 g/mol. The van der Waals surface area contributed by atoms with Gasteiger partial charge in [-0.3, -0.25) is 0 Å². The van der Waals surface area contributed by atoms with E-state index in [0.717, 1.165) is 30.0 Å². The van der Waals surface area contributed by atoms with Gasteiger partial charge >= 0.3 is 0 Å². The first kappa shape index (κ1) is 15.8. The Morgan fingerprint density at radius 2 is 1.68 bits per heavy atom. The maximum Gasteiger partial charge on any atom is 0.127 e. The molecule has 0 aromatic heterocycles. The van der Waals surface area contributed by atoms with Crippen molar-refractivity contribution in [2.75, 3.05) is 20.8 Å². The zero-order valence-corrected chi connectivity index (χ0v) is 12.7. The molecule has 19 heavy (non-hydrogen) atoms. The van der Waals surface area contributed by atoms with Crippen LogP contribution in [0.15, 0.2) is 18.2 Å². The lowest BCUT2D eigenvalue weighted by atomic mass is 9.98. The van der Waals surface area contributed by atoms with Crippen LogP contribution in [0, 0.1) is 0 Å². The topological polar surface area (TPSA) is 30.5 Å². The van der Waals surface area contributed by atoms with Gasteiger partial charge in [0.05, 0.1) is 19.8 Å². The van der Waals surface area contributed by atoms with Gasteiger partial charge in [-0.1, -0.05) is 39.2 Å². The van der Waals surface area contributed by atoms with E-state index in [0.29, 0.717) is 6.04 Å². The third-order valence-corrected chi connectivity index (χ3v) is 3.36. The van der Waals surface area contributed by atoms with Crippen molar-refractivity contribution in [3.8, 4) is 11.5 Å². The lowest BCUT2D eigenvalue weighted by Gasteiger charge is -2.23. The summed E-state index contributed by atoms with van der Waals surface area (Å²) >= 11 is 0. The number of nitrogens with one attached hydrogen (secondary N) is 1. The third kappa shape index (κ3) is 4.43. The first-order valence-electron chi connectivity index (χ1n) is 7.22. The Balaban J connectivity index is 2.98. The fourth-order valence-electron chi connectivity index (χ4n) is 2.42. The maximum absolute atomic E-state index is 5.50. The van der Waals surface area contributed by atoms with Crippen LogP contribution in [-0.2, 0) is 0 Å². The zero-order valence-electron chi connectivity index (χ0n) is 12.7. The van der Waals surface area contributed by atoms with E-state index in [1.54, 1.807) is 14.2 Å². The lowest BCUT2D eigenvalue weighted by Crippen LogP contribution is -2.22. The lowest BCUT2D eigenvalue weighted by molar-refractivity contribution is 0.364. The molecule has 0 spiro atoms. The first-order valence-corrected chi connectivity index (χ1v) is 7.22. The van der Waals surface area contributed by atoms with Gasteiger partial charge < -0.3 is 14.8 Å². The molecule has 1 aromatic carbocycles. The SMILES string of the molecule is CCCCCC(NCC)c1c(OC)cccc1OC.